The van der Waals surface area contributed by atoms with Crippen molar-refractivity contribution in [2.75, 3.05) is 5.32 Å². The molecular formula is C13H8BrClN2O3. The summed E-state index contributed by atoms with van der Waals surface area (Å²) in [5.41, 5.74) is 0.770. The van der Waals surface area contributed by atoms with Gasteiger partial charge < -0.3 is 10.4 Å². The lowest BCUT2D eigenvalue weighted by atomic mass is 10.2. The van der Waals surface area contributed by atoms with Gasteiger partial charge in [-0.05, 0) is 30.3 Å². The summed E-state index contributed by atoms with van der Waals surface area (Å²) in [6, 6.07) is 7.45. The summed E-state index contributed by atoms with van der Waals surface area (Å²) < 4.78 is 0.557. The maximum Gasteiger partial charge on any atom is 0.335 e. The van der Waals surface area contributed by atoms with Crippen molar-refractivity contribution >= 4 is 45.1 Å². The highest BCUT2D eigenvalue weighted by Gasteiger charge is 2.10. The zero-order valence-electron chi connectivity index (χ0n) is 9.93. The summed E-state index contributed by atoms with van der Waals surface area (Å²) in [4.78, 5) is 26.7. The molecule has 20 heavy (non-hydrogen) atoms. The van der Waals surface area contributed by atoms with Gasteiger partial charge in [-0.15, -0.1) is 0 Å². The maximum atomic E-state index is 12.0. The molecule has 2 aromatic rings. The largest absolute Gasteiger partial charge is 0.478 e. The van der Waals surface area contributed by atoms with E-state index in [9.17, 15) is 9.59 Å². The number of carbonyl (C=O) groups is 2. The van der Waals surface area contributed by atoms with Crippen LogP contribution in [0.5, 0.6) is 0 Å². The summed E-state index contributed by atoms with van der Waals surface area (Å²) in [6.45, 7) is 0. The molecule has 1 amide bonds. The van der Waals surface area contributed by atoms with Crippen LogP contribution in [-0.2, 0) is 0 Å². The fourth-order valence-corrected chi connectivity index (χ4v) is 2.10. The number of nitrogens with zero attached hydrogens (tertiary/aromatic N) is 1. The summed E-state index contributed by atoms with van der Waals surface area (Å²) in [5, 5.41) is 11.8. The molecule has 0 aliphatic heterocycles. The van der Waals surface area contributed by atoms with Gasteiger partial charge in [0.1, 0.15) is 5.15 Å². The Morgan fingerprint density at radius 1 is 1.20 bits per heavy atom. The second-order valence-corrected chi connectivity index (χ2v) is 5.16. The molecule has 5 nitrogen and oxygen atoms in total. The van der Waals surface area contributed by atoms with E-state index >= 15 is 0 Å². The number of benzene rings is 1. The first-order valence-electron chi connectivity index (χ1n) is 5.42. The van der Waals surface area contributed by atoms with Gasteiger partial charge in [0, 0.05) is 16.4 Å². The highest BCUT2D eigenvalue weighted by atomic mass is 79.9. The normalized spacial score (nSPS) is 10.1. The molecule has 0 spiro atoms. The number of rotatable bonds is 3. The van der Waals surface area contributed by atoms with E-state index in [2.05, 4.69) is 26.2 Å². The van der Waals surface area contributed by atoms with E-state index in [1.54, 1.807) is 6.07 Å². The molecule has 0 bridgehead atoms. The minimum Gasteiger partial charge on any atom is -0.478 e. The number of carboxylic acid groups (broad SMARTS) is 1. The van der Waals surface area contributed by atoms with E-state index in [1.165, 1.54) is 30.5 Å². The average molecular weight is 356 g/mol. The van der Waals surface area contributed by atoms with Gasteiger partial charge in [-0.2, -0.15) is 0 Å². The van der Waals surface area contributed by atoms with Crippen molar-refractivity contribution in [2.45, 2.75) is 0 Å². The van der Waals surface area contributed by atoms with Crippen LogP contribution in [0.2, 0.25) is 5.15 Å². The zero-order valence-corrected chi connectivity index (χ0v) is 12.3. The molecule has 0 aliphatic carbocycles. The molecule has 0 saturated carbocycles. The first kappa shape index (κ1) is 14.5. The Labute approximate surface area is 127 Å². The number of anilines is 1. The first-order chi connectivity index (χ1) is 9.45. The maximum absolute atomic E-state index is 12.0. The fraction of sp³-hybridized carbons (Fsp3) is 0. The monoisotopic (exact) mass is 354 g/mol. The standard InChI is InChI=1S/C13H8BrClN2O3/c14-9-3-8(13(19)20)4-10(5-9)17-12(18)7-1-2-11(15)16-6-7/h1-6H,(H,17,18)(H,19,20). The van der Waals surface area contributed by atoms with Crippen molar-refractivity contribution < 1.29 is 14.7 Å². The zero-order chi connectivity index (χ0) is 14.7. The number of nitrogens with one attached hydrogen (secondary N) is 1. The molecule has 0 radical (unpaired) electrons. The fourth-order valence-electron chi connectivity index (χ4n) is 1.50. The molecule has 7 heteroatoms. The highest BCUT2D eigenvalue weighted by Crippen LogP contribution is 2.20. The van der Waals surface area contributed by atoms with Crippen molar-refractivity contribution in [3.63, 3.8) is 0 Å². The lowest BCUT2D eigenvalue weighted by Crippen LogP contribution is -2.12. The second kappa shape index (κ2) is 6.02. The number of aromatic nitrogens is 1. The lowest BCUT2D eigenvalue weighted by Gasteiger charge is -2.07. The third kappa shape index (κ3) is 3.55. The Bertz CT molecular complexity index is 674. The molecule has 0 atom stereocenters. The molecule has 2 rings (SSSR count). The Morgan fingerprint density at radius 2 is 1.95 bits per heavy atom. The summed E-state index contributed by atoms with van der Waals surface area (Å²) in [5.74, 6) is -1.47. The van der Waals surface area contributed by atoms with Gasteiger partial charge in [0.05, 0.1) is 11.1 Å². The first-order valence-corrected chi connectivity index (χ1v) is 6.59. The highest BCUT2D eigenvalue weighted by molar-refractivity contribution is 9.10. The number of amides is 1. The van der Waals surface area contributed by atoms with Gasteiger partial charge in [0.25, 0.3) is 5.91 Å². The van der Waals surface area contributed by atoms with Gasteiger partial charge in [0.2, 0.25) is 0 Å². The van der Waals surface area contributed by atoms with Crippen LogP contribution >= 0.6 is 27.5 Å². The van der Waals surface area contributed by atoms with Crippen LogP contribution in [0, 0.1) is 0 Å². The van der Waals surface area contributed by atoms with E-state index in [0.717, 1.165) is 0 Å². The van der Waals surface area contributed by atoms with Crippen molar-refractivity contribution in [1.29, 1.82) is 0 Å². The van der Waals surface area contributed by atoms with E-state index in [0.29, 0.717) is 15.7 Å². The van der Waals surface area contributed by atoms with Crippen LogP contribution in [0.25, 0.3) is 0 Å². The molecule has 0 saturated heterocycles. The van der Waals surface area contributed by atoms with E-state index in [1.807, 2.05) is 0 Å². The minimum atomic E-state index is -1.07. The second-order valence-electron chi connectivity index (χ2n) is 3.86. The third-order valence-corrected chi connectivity index (χ3v) is 3.07. The van der Waals surface area contributed by atoms with Gasteiger partial charge in [0.15, 0.2) is 0 Å². The number of aromatic carboxylic acids is 1. The predicted molar refractivity (Wildman–Crippen MR) is 78.3 cm³/mol. The number of pyridine rings is 1. The lowest BCUT2D eigenvalue weighted by molar-refractivity contribution is 0.0696. The Morgan fingerprint density at radius 3 is 2.55 bits per heavy atom. The molecule has 1 heterocycles. The van der Waals surface area contributed by atoms with Crippen LogP contribution < -0.4 is 5.32 Å². The molecule has 1 aromatic carbocycles. The quantitative estimate of drug-likeness (QED) is 0.827. The number of carboxylic acids is 1. The topological polar surface area (TPSA) is 79.3 Å². The van der Waals surface area contributed by atoms with Crippen molar-refractivity contribution in [2.24, 2.45) is 0 Å². The third-order valence-electron chi connectivity index (χ3n) is 2.39. The summed E-state index contributed by atoms with van der Waals surface area (Å²) >= 11 is 8.83. The number of carbonyl (C=O) groups excluding carboxylic acids is 1. The van der Waals surface area contributed by atoms with Crippen molar-refractivity contribution in [3.8, 4) is 0 Å². The van der Waals surface area contributed by atoms with Crippen molar-refractivity contribution in [3.05, 3.63) is 57.3 Å². The van der Waals surface area contributed by atoms with Crippen molar-refractivity contribution in [1.82, 2.24) is 4.98 Å². The van der Waals surface area contributed by atoms with Crippen LogP contribution in [0.15, 0.2) is 41.0 Å². The van der Waals surface area contributed by atoms with E-state index in [4.69, 9.17) is 16.7 Å². The number of hydrogen-bond donors (Lipinski definition) is 2. The summed E-state index contributed by atoms with van der Waals surface area (Å²) in [6.07, 6.45) is 1.34. The van der Waals surface area contributed by atoms with Gasteiger partial charge in [-0.25, -0.2) is 9.78 Å². The van der Waals surface area contributed by atoms with E-state index < -0.39 is 11.9 Å². The van der Waals surface area contributed by atoms with E-state index in [-0.39, 0.29) is 10.7 Å². The minimum absolute atomic E-state index is 0.0731. The number of halogens is 2. The molecular weight excluding hydrogens is 348 g/mol. The molecule has 0 unspecified atom stereocenters. The van der Waals surface area contributed by atoms with Crippen LogP contribution in [0.3, 0.4) is 0 Å². The van der Waals surface area contributed by atoms with Gasteiger partial charge in [-0.1, -0.05) is 27.5 Å². The predicted octanol–water partition coefficient (Wildman–Crippen LogP) is 3.45. The van der Waals surface area contributed by atoms with Crippen LogP contribution in [0.1, 0.15) is 20.7 Å². The van der Waals surface area contributed by atoms with Crippen LogP contribution in [-0.4, -0.2) is 22.0 Å². The molecule has 0 fully saturated rings. The Kier molecular flexibility index (Phi) is 4.36. The Hall–Kier alpha value is -1.92. The number of hydrogen-bond acceptors (Lipinski definition) is 3. The molecule has 0 aliphatic rings. The van der Waals surface area contributed by atoms with Gasteiger partial charge in [-0.3, -0.25) is 4.79 Å². The van der Waals surface area contributed by atoms with Crippen LogP contribution in [0.4, 0.5) is 5.69 Å². The van der Waals surface area contributed by atoms with Gasteiger partial charge >= 0.3 is 5.97 Å². The SMILES string of the molecule is O=C(O)c1cc(Br)cc(NC(=O)c2ccc(Cl)nc2)c1. The molecule has 1 aromatic heterocycles. The molecule has 102 valence electrons. The molecule has 2 N–H and O–H groups in total. The Balaban J connectivity index is 2.23. The summed E-state index contributed by atoms with van der Waals surface area (Å²) in [7, 11) is 0. The average Bonchev–Trinajstić information content (AvgIpc) is 2.38. The smallest absolute Gasteiger partial charge is 0.335 e.